The zero-order valence-electron chi connectivity index (χ0n) is 15.9. The van der Waals surface area contributed by atoms with Gasteiger partial charge in [-0.1, -0.05) is 18.5 Å². The zero-order valence-corrected chi connectivity index (χ0v) is 15.9. The lowest BCUT2D eigenvalue weighted by molar-refractivity contribution is -0.119. The van der Waals surface area contributed by atoms with Crippen LogP contribution in [-0.2, 0) is 9.59 Å². The molecule has 2 aromatic rings. The van der Waals surface area contributed by atoms with E-state index in [9.17, 15) is 9.59 Å². The summed E-state index contributed by atoms with van der Waals surface area (Å²) >= 11 is 0. The summed E-state index contributed by atoms with van der Waals surface area (Å²) in [6, 6.07) is 8.51. The molecule has 0 aliphatic heterocycles. The molecule has 2 rings (SSSR count). The van der Waals surface area contributed by atoms with Gasteiger partial charge in [0, 0.05) is 24.7 Å². The first-order valence-corrected chi connectivity index (χ1v) is 8.87. The van der Waals surface area contributed by atoms with Crippen LogP contribution in [0.15, 0.2) is 34.9 Å². The van der Waals surface area contributed by atoms with Crippen molar-refractivity contribution in [2.24, 2.45) is 5.73 Å². The highest BCUT2D eigenvalue weighted by molar-refractivity contribution is 5.96. The molecule has 146 valence electrons. The lowest BCUT2D eigenvalue weighted by atomic mass is 10.1. The van der Waals surface area contributed by atoms with E-state index in [0.29, 0.717) is 30.3 Å². The highest BCUT2D eigenvalue weighted by Crippen LogP contribution is 2.24. The highest BCUT2D eigenvalue weighted by atomic mass is 16.5. The van der Waals surface area contributed by atoms with Crippen LogP contribution >= 0.6 is 0 Å². The molecule has 0 bridgehead atoms. The average Bonchev–Trinajstić information content (AvgIpc) is 3.05. The molecule has 1 atom stereocenters. The first kappa shape index (κ1) is 20.3. The Morgan fingerprint density at radius 3 is 2.56 bits per heavy atom. The number of carbonyl (C=O) groups excluding carboxylic acids is 2. The second-order valence-electron chi connectivity index (χ2n) is 6.22. The van der Waals surface area contributed by atoms with Crippen LogP contribution in [-0.4, -0.2) is 36.7 Å². The molecule has 3 N–H and O–H groups in total. The zero-order chi connectivity index (χ0) is 19.8. The minimum Gasteiger partial charge on any atom is -0.497 e. The lowest BCUT2D eigenvalue weighted by Crippen LogP contribution is -2.45. The van der Waals surface area contributed by atoms with E-state index in [4.69, 9.17) is 15.0 Å². The van der Waals surface area contributed by atoms with Gasteiger partial charge in [0.05, 0.1) is 7.11 Å². The minimum absolute atomic E-state index is 0.141. The molecule has 1 aromatic carbocycles. The van der Waals surface area contributed by atoms with Crippen molar-refractivity contribution in [3.8, 4) is 5.75 Å². The third kappa shape index (κ3) is 5.73. The number of benzene rings is 1. The molecule has 1 heterocycles. The maximum absolute atomic E-state index is 12.9. The van der Waals surface area contributed by atoms with Crippen LogP contribution in [0, 0.1) is 6.92 Å². The number of hydrogen-bond acceptors (Lipinski definition) is 6. The molecule has 0 radical (unpaired) electrons. The first-order chi connectivity index (χ1) is 12.9. The molecule has 0 aliphatic rings. The summed E-state index contributed by atoms with van der Waals surface area (Å²) in [7, 11) is 1.59. The largest absolute Gasteiger partial charge is 0.497 e. The van der Waals surface area contributed by atoms with Crippen LogP contribution in [0.2, 0.25) is 0 Å². The standard InChI is InChI=1S/C19H26N4O4/c1-4-5-16(19(25)21-18-12-13(2)27-22-18)23(11-10-17(20)24)14-6-8-15(26-3)9-7-14/h6-9,12,16H,4-5,10-11H2,1-3H3,(H2,20,24)(H,21,22,25). The molecule has 27 heavy (non-hydrogen) atoms. The highest BCUT2D eigenvalue weighted by Gasteiger charge is 2.26. The maximum atomic E-state index is 12.9. The van der Waals surface area contributed by atoms with E-state index >= 15 is 0 Å². The molecule has 0 fully saturated rings. The van der Waals surface area contributed by atoms with E-state index in [1.54, 1.807) is 20.1 Å². The van der Waals surface area contributed by atoms with Gasteiger partial charge in [-0.25, -0.2) is 0 Å². The second kappa shape index (κ2) is 9.61. The number of methoxy groups -OCH3 is 1. The number of aryl methyl sites for hydroxylation is 1. The second-order valence-corrected chi connectivity index (χ2v) is 6.22. The molecule has 8 heteroatoms. The topological polar surface area (TPSA) is 111 Å². The quantitative estimate of drug-likeness (QED) is 0.661. The normalized spacial score (nSPS) is 11.7. The van der Waals surface area contributed by atoms with E-state index in [1.165, 1.54) is 0 Å². The molecule has 0 aliphatic carbocycles. The Bertz CT molecular complexity index is 757. The van der Waals surface area contributed by atoms with E-state index in [1.807, 2.05) is 36.1 Å². The molecule has 1 unspecified atom stereocenters. The van der Waals surface area contributed by atoms with Crippen molar-refractivity contribution >= 4 is 23.3 Å². The van der Waals surface area contributed by atoms with E-state index in [0.717, 1.165) is 12.1 Å². The van der Waals surface area contributed by atoms with Crippen LogP contribution in [0.4, 0.5) is 11.5 Å². The number of rotatable bonds is 10. The summed E-state index contributed by atoms with van der Waals surface area (Å²) in [5.74, 6) is 1.05. The molecule has 0 saturated heterocycles. The molecule has 1 aromatic heterocycles. The molecular weight excluding hydrogens is 348 g/mol. The molecule has 0 spiro atoms. The van der Waals surface area contributed by atoms with Crippen molar-refractivity contribution in [3.63, 3.8) is 0 Å². The number of nitrogens with one attached hydrogen (secondary N) is 1. The number of ether oxygens (including phenoxy) is 1. The van der Waals surface area contributed by atoms with Crippen LogP contribution in [0.5, 0.6) is 5.75 Å². The number of primary amides is 1. The Balaban J connectivity index is 2.27. The van der Waals surface area contributed by atoms with E-state index < -0.39 is 11.9 Å². The fourth-order valence-corrected chi connectivity index (χ4v) is 2.81. The van der Waals surface area contributed by atoms with Gasteiger partial charge in [0.1, 0.15) is 17.6 Å². The van der Waals surface area contributed by atoms with Gasteiger partial charge in [0.25, 0.3) is 0 Å². The predicted octanol–water partition coefficient (Wildman–Crippen LogP) is 2.48. The summed E-state index contributed by atoms with van der Waals surface area (Å²) in [6.07, 6.45) is 1.54. The lowest BCUT2D eigenvalue weighted by Gasteiger charge is -2.32. The summed E-state index contributed by atoms with van der Waals surface area (Å²) in [4.78, 5) is 26.1. The van der Waals surface area contributed by atoms with Crippen LogP contribution in [0.1, 0.15) is 31.9 Å². The third-order valence-electron chi connectivity index (χ3n) is 4.12. The first-order valence-electron chi connectivity index (χ1n) is 8.87. The van der Waals surface area contributed by atoms with Gasteiger partial charge in [-0.3, -0.25) is 9.59 Å². The van der Waals surface area contributed by atoms with Gasteiger partial charge in [0.15, 0.2) is 5.82 Å². The average molecular weight is 374 g/mol. The maximum Gasteiger partial charge on any atom is 0.248 e. The number of anilines is 2. The number of amides is 2. The third-order valence-corrected chi connectivity index (χ3v) is 4.12. The number of nitrogens with two attached hydrogens (primary N) is 1. The van der Waals surface area contributed by atoms with Gasteiger partial charge in [-0.05, 0) is 37.6 Å². The van der Waals surface area contributed by atoms with Crippen LogP contribution in [0.25, 0.3) is 0 Å². The molecule has 0 saturated carbocycles. The van der Waals surface area contributed by atoms with E-state index in [2.05, 4.69) is 10.5 Å². The van der Waals surface area contributed by atoms with Crippen LogP contribution < -0.4 is 20.7 Å². The Hall–Kier alpha value is -3.03. The Morgan fingerprint density at radius 2 is 2.04 bits per heavy atom. The van der Waals surface area contributed by atoms with Crippen molar-refractivity contribution in [2.45, 2.75) is 39.2 Å². The van der Waals surface area contributed by atoms with Gasteiger partial charge in [-0.2, -0.15) is 0 Å². The van der Waals surface area contributed by atoms with Crippen molar-refractivity contribution < 1.29 is 18.8 Å². The molecule has 8 nitrogen and oxygen atoms in total. The van der Waals surface area contributed by atoms with Crippen molar-refractivity contribution in [3.05, 3.63) is 36.1 Å². The fourth-order valence-electron chi connectivity index (χ4n) is 2.81. The summed E-state index contributed by atoms with van der Waals surface area (Å²) in [5.41, 5.74) is 6.14. The van der Waals surface area contributed by atoms with Crippen molar-refractivity contribution in [2.75, 3.05) is 23.9 Å². The fraction of sp³-hybridized carbons (Fsp3) is 0.421. The summed E-state index contributed by atoms with van der Waals surface area (Å²) in [5, 5.41) is 6.59. The molecular formula is C19H26N4O4. The predicted molar refractivity (Wildman–Crippen MR) is 103 cm³/mol. The number of aromatic nitrogens is 1. The Kier molecular flexibility index (Phi) is 7.22. The Labute approximate surface area is 158 Å². The number of nitrogens with zero attached hydrogens (tertiary/aromatic N) is 2. The van der Waals surface area contributed by atoms with E-state index in [-0.39, 0.29) is 12.3 Å². The Morgan fingerprint density at radius 1 is 1.33 bits per heavy atom. The van der Waals surface area contributed by atoms with Gasteiger partial charge in [0.2, 0.25) is 11.8 Å². The molecule has 2 amide bonds. The number of carbonyl (C=O) groups is 2. The smallest absolute Gasteiger partial charge is 0.248 e. The van der Waals surface area contributed by atoms with Crippen molar-refractivity contribution in [1.82, 2.24) is 5.16 Å². The monoisotopic (exact) mass is 374 g/mol. The van der Waals surface area contributed by atoms with Crippen molar-refractivity contribution in [1.29, 1.82) is 0 Å². The van der Waals surface area contributed by atoms with Gasteiger partial charge >= 0.3 is 0 Å². The summed E-state index contributed by atoms with van der Waals surface area (Å²) in [6.45, 7) is 4.08. The number of hydrogen-bond donors (Lipinski definition) is 2. The SMILES string of the molecule is CCCC(C(=O)Nc1cc(C)on1)N(CCC(N)=O)c1ccc(OC)cc1. The van der Waals surface area contributed by atoms with Gasteiger partial charge in [-0.15, -0.1) is 0 Å². The minimum atomic E-state index is -0.486. The van der Waals surface area contributed by atoms with Gasteiger partial charge < -0.3 is 25.2 Å². The van der Waals surface area contributed by atoms with Crippen LogP contribution in [0.3, 0.4) is 0 Å². The summed E-state index contributed by atoms with van der Waals surface area (Å²) < 4.78 is 10.2.